The van der Waals surface area contributed by atoms with Crippen molar-refractivity contribution in [2.75, 3.05) is 5.21 Å². The zero-order chi connectivity index (χ0) is 15.1. The van der Waals surface area contributed by atoms with Gasteiger partial charge >= 0.3 is 12.4 Å². The zero-order valence-corrected chi connectivity index (χ0v) is 10.4. The van der Waals surface area contributed by atoms with E-state index in [1.165, 1.54) is 0 Å². The summed E-state index contributed by atoms with van der Waals surface area (Å²) in [5.74, 6) is 0. The van der Waals surface area contributed by atoms with Crippen molar-refractivity contribution >= 4 is 21.4 Å². The maximum Gasteiger partial charge on any atom is 0.416 e. The Hall–Kier alpha value is -0.960. The fourth-order valence-corrected chi connectivity index (χ4v) is 2.29. The number of hydrogen-bond acceptors (Lipinski definition) is 2. The minimum atomic E-state index is -5.10. The molecule has 1 aromatic rings. The molecule has 0 aliphatic heterocycles. The van der Waals surface area contributed by atoms with Crippen LogP contribution in [0.5, 0.6) is 0 Å². The van der Waals surface area contributed by atoms with Gasteiger partial charge in [-0.3, -0.25) is 0 Å². The second kappa shape index (κ2) is 4.86. The highest BCUT2D eigenvalue weighted by Crippen LogP contribution is 2.37. The van der Waals surface area contributed by atoms with E-state index >= 15 is 0 Å². The molecule has 108 valence electrons. The summed E-state index contributed by atoms with van der Waals surface area (Å²) in [5.41, 5.74) is -3.41. The first-order chi connectivity index (χ1) is 8.38. The van der Waals surface area contributed by atoms with Gasteiger partial charge in [0.25, 0.3) is 0 Å². The minimum Gasteiger partial charge on any atom is -0.222 e. The Kier molecular flexibility index (Phi) is 4.12. The number of rotatable bonds is 2. The Bertz CT molecular complexity index is 543. The molecule has 19 heavy (non-hydrogen) atoms. The van der Waals surface area contributed by atoms with Crippen molar-refractivity contribution in [3.05, 3.63) is 29.3 Å². The molecule has 0 unspecified atom stereocenters. The van der Waals surface area contributed by atoms with Gasteiger partial charge in [0.05, 0.1) is 16.0 Å². The van der Waals surface area contributed by atoms with E-state index in [0.29, 0.717) is 0 Å². The van der Waals surface area contributed by atoms with Gasteiger partial charge in [0.1, 0.15) is 5.21 Å². The third-order valence-electron chi connectivity index (χ3n) is 2.06. The summed E-state index contributed by atoms with van der Waals surface area (Å²) < 4.78 is 97.2. The van der Waals surface area contributed by atoms with E-state index in [1.807, 2.05) is 0 Å². The number of halogens is 7. The molecule has 0 atom stereocenters. The highest BCUT2D eigenvalue weighted by Gasteiger charge is 2.38. The van der Waals surface area contributed by atoms with E-state index in [-0.39, 0.29) is 18.2 Å². The highest BCUT2D eigenvalue weighted by atomic mass is 35.5. The van der Waals surface area contributed by atoms with Gasteiger partial charge in [0, 0.05) is 0 Å². The number of hydrogen-bond donors (Lipinski definition) is 0. The lowest BCUT2D eigenvalue weighted by atomic mass is 10.1. The topological polar surface area (TPSA) is 34.1 Å². The molecule has 1 aromatic carbocycles. The lowest BCUT2D eigenvalue weighted by Gasteiger charge is -2.13. The van der Waals surface area contributed by atoms with Crippen molar-refractivity contribution in [1.29, 1.82) is 0 Å². The zero-order valence-electron chi connectivity index (χ0n) is 8.81. The van der Waals surface area contributed by atoms with Gasteiger partial charge in [0.2, 0.25) is 0 Å². The van der Waals surface area contributed by atoms with Crippen LogP contribution in [-0.4, -0.2) is 13.6 Å². The van der Waals surface area contributed by atoms with Gasteiger partial charge in [-0.1, -0.05) is 0 Å². The lowest BCUT2D eigenvalue weighted by Crippen LogP contribution is -2.13. The Morgan fingerprint density at radius 3 is 1.53 bits per heavy atom. The SMILES string of the molecule is O=S(=O)(CCl)c1cc(C(F)(F)F)cc(C(F)(F)F)c1. The van der Waals surface area contributed by atoms with Crippen molar-refractivity contribution in [2.24, 2.45) is 0 Å². The Balaban J connectivity index is 3.60. The molecule has 10 heteroatoms. The molecule has 0 saturated heterocycles. The summed E-state index contributed by atoms with van der Waals surface area (Å²) in [5, 5.41) is -1.12. The summed E-state index contributed by atoms with van der Waals surface area (Å²) in [6, 6.07) is 0.0765. The van der Waals surface area contributed by atoms with Crippen LogP contribution in [0.15, 0.2) is 23.1 Å². The van der Waals surface area contributed by atoms with Crippen molar-refractivity contribution in [2.45, 2.75) is 17.2 Å². The molecule has 0 aliphatic carbocycles. The number of alkyl halides is 7. The smallest absolute Gasteiger partial charge is 0.222 e. The van der Waals surface area contributed by atoms with E-state index in [9.17, 15) is 34.8 Å². The van der Waals surface area contributed by atoms with Crippen LogP contribution in [0, 0.1) is 0 Å². The predicted octanol–water partition coefficient (Wildman–Crippen LogP) is 3.69. The quantitative estimate of drug-likeness (QED) is 0.613. The lowest BCUT2D eigenvalue weighted by molar-refractivity contribution is -0.143. The van der Waals surface area contributed by atoms with Gasteiger partial charge < -0.3 is 0 Å². The summed E-state index contributed by atoms with van der Waals surface area (Å²) in [4.78, 5) is -1.12. The highest BCUT2D eigenvalue weighted by molar-refractivity contribution is 7.92. The fourth-order valence-electron chi connectivity index (χ4n) is 1.17. The second-order valence-electron chi connectivity index (χ2n) is 3.47. The van der Waals surface area contributed by atoms with E-state index in [1.54, 1.807) is 0 Å². The van der Waals surface area contributed by atoms with Crippen LogP contribution in [0.25, 0.3) is 0 Å². The maximum absolute atomic E-state index is 12.4. The third-order valence-corrected chi connectivity index (χ3v) is 4.17. The normalized spacial score (nSPS) is 13.6. The maximum atomic E-state index is 12.4. The van der Waals surface area contributed by atoms with Crippen LogP contribution < -0.4 is 0 Å². The summed E-state index contributed by atoms with van der Waals surface area (Å²) >= 11 is 5.01. The molecule has 0 saturated carbocycles. The van der Waals surface area contributed by atoms with Crippen LogP contribution in [0.1, 0.15) is 11.1 Å². The van der Waals surface area contributed by atoms with Crippen LogP contribution in [0.4, 0.5) is 26.3 Å². The molecule has 0 N–H and O–H groups in total. The molecular weight excluding hydrogens is 322 g/mol. The van der Waals surface area contributed by atoms with E-state index < -0.39 is 43.4 Å². The Morgan fingerprint density at radius 1 is 0.895 bits per heavy atom. The number of benzene rings is 1. The van der Waals surface area contributed by atoms with Crippen molar-refractivity contribution in [3.8, 4) is 0 Å². The van der Waals surface area contributed by atoms with Gasteiger partial charge in [0.15, 0.2) is 9.84 Å². The predicted molar refractivity (Wildman–Crippen MR) is 54.4 cm³/mol. The molecule has 2 nitrogen and oxygen atoms in total. The second-order valence-corrected chi connectivity index (χ2v) is 6.04. The van der Waals surface area contributed by atoms with Gasteiger partial charge in [-0.05, 0) is 18.2 Å². The first-order valence-electron chi connectivity index (χ1n) is 4.46. The minimum absolute atomic E-state index is 0.118. The van der Waals surface area contributed by atoms with E-state index in [0.717, 1.165) is 0 Å². The van der Waals surface area contributed by atoms with E-state index in [2.05, 4.69) is 0 Å². The van der Waals surface area contributed by atoms with Crippen LogP contribution in [0.3, 0.4) is 0 Å². The average molecular weight is 327 g/mol. The fraction of sp³-hybridized carbons (Fsp3) is 0.333. The molecule has 0 bridgehead atoms. The molecule has 0 heterocycles. The van der Waals surface area contributed by atoms with Gasteiger partial charge in [-0.25, -0.2) is 8.42 Å². The molecule has 0 amide bonds. The molecule has 0 aliphatic rings. The molecule has 0 aromatic heterocycles. The van der Waals surface area contributed by atoms with Crippen molar-refractivity contribution in [1.82, 2.24) is 0 Å². The summed E-state index contributed by atoms with van der Waals surface area (Å²) in [6.07, 6.45) is -10.2. The monoisotopic (exact) mass is 326 g/mol. The van der Waals surface area contributed by atoms with Gasteiger partial charge in [-0.2, -0.15) is 26.3 Å². The molecule has 0 radical (unpaired) electrons. The molecule has 0 fully saturated rings. The van der Waals surface area contributed by atoms with Crippen molar-refractivity contribution in [3.63, 3.8) is 0 Å². The van der Waals surface area contributed by atoms with Gasteiger partial charge in [-0.15, -0.1) is 11.6 Å². The van der Waals surface area contributed by atoms with E-state index in [4.69, 9.17) is 11.6 Å². The van der Waals surface area contributed by atoms with Crippen LogP contribution in [-0.2, 0) is 22.2 Å². The van der Waals surface area contributed by atoms with Crippen LogP contribution >= 0.6 is 11.6 Å². The Morgan fingerprint density at radius 2 is 1.26 bits per heavy atom. The summed E-state index contributed by atoms with van der Waals surface area (Å²) in [7, 11) is -4.40. The summed E-state index contributed by atoms with van der Waals surface area (Å²) in [6.45, 7) is 0. The Labute approximate surface area is 108 Å². The first-order valence-corrected chi connectivity index (χ1v) is 6.65. The standard InChI is InChI=1S/C9H5ClF6O2S/c10-4-19(17,18)7-2-5(8(11,12)13)1-6(3-7)9(14,15)16/h1-3H,4H2. The molecule has 1 rings (SSSR count). The molecular formula is C9H5ClF6O2S. The third kappa shape index (κ3) is 3.75. The number of sulfone groups is 1. The average Bonchev–Trinajstić information content (AvgIpc) is 2.26. The van der Waals surface area contributed by atoms with Crippen molar-refractivity contribution < 1.29 is 34.8 Å². The first kappa shape index (κ1) is 16.1. The van der Waals surface area contributed by atoms with Crippen LogP contribution in [0.2, 0.25) is 0 Å². The molecule has 0 spiro atoms. The largest absolute Gasteiger partial charge is 0.416 e.